The molecule has 0 saturated carbocycles. The standard InChI is InChI=1S/C26H34N4O3/c1-18(31)25(28-19(2)32)26(33)29-13-14-30-22(17-29)15-27-16-23(30)24(20-9-5-3-6-10-20)21-11-7-4-8-12-21/h3-12,18,22-25,27,31H,13-17H2,1-2H3,(H,28,32)/t18?,22-,23+,25?/m1/s1. The average molecular weight is 451 g/mol. The topological polar surface area (TPSA) is 84.9 Å². The minimum absolute atomic E-state index is 0.170. The molecule has 7 nitrogen and oxygen atoms in total. The van der Waals surface area contributed by atoms with Crippen LogP contribution in [0.25, 0.3) is 0 Å². The molecule has 0 radical (unpaired) electrons. The summed E-state index contributed by atoms with van der Waals surface area (Å²) in [5.74, 6) is -0.319. The first-order valence-corrected chi connectivity index (χ1v) is 11.8. The van der Waals surface area contributed by atoms with Crippen LogP contribution < -0.4 is 10.6 Å². The first kappa shape index (κ1) is 23.4. The normalized spacial score (nSPS) is 23.0. The summed E-state index contributed by atoms with van der Waals surface area (Å²) >= 11 is 0. The Hall–Kier alpha value is -2.74. The number of nitrogens with zero attached hydrogens (tertiary/aromatic N) is 2. The van der Waals surface area contributed by atoms with Crippen LogP contribution in [0.4, 0.5) is 0 Å². The minimum atomic E-state index is -0.947. The molecular weight excluding hydrogens is 416 g/mol. The molecule has 2 saturated heterocycles. The van der Waals surface area contributed by atoms with E-state index < -0.39 is 12.1 Å². The van der Waals surface area contributed by atoms with Crippen LogP contribution in [0.2, 0.25) is 0 Å². The molecule has 0 bridgehead atoms. The van der Waals surface area contributed by atoms with E-state index in [-0.39, 0.29) is 29.8 Å². The first-order chi connectivity index (χ1) is 16.0. The van der Waals surface area contributed by atoms with Crippen molar-refractivity contribution < 1.29 is 14.7 Å². The Labute approximate surface area is 195 Å². The van der Waals surface area contributed by atoms with Gasteiger partial charge in [-0.05, 0) is 18.1 Å². The molecule has 2 aliphatic heterocycles. The van der Waals surface area contributed by atoms with Crippen LogP contribution in [-0.2, 0) is 9.59 Å². The van der Waals surface area contributed by atoms with E-state index in [1.54, 1.807) is 4.90 Å². The highest BCUT2D eigenvalue weighted by atomic mass is 16.3. The summed E-state index contributed by atoms with van der Waals surface area (Å²) in [5.41, 5.74) is 2.57. The Kier molecular flexibility index (Phi) is 7.42. The van der Waals surface area contributed by atoms with Crippen molar-refractivity contribution >= 4 is 11.8 Å². The summed E-state index contributed by atoms with van der Waals surface area (Å²) in [6, 6.07) is 20.8. The average Bonchev–Trinajstić information content (AvgIpc) is 2.83. The van der Waals surface area contributed by atoms with Gasteiger partial charge in [0.1, 0.15) is 6.04 Å². The van der Waals surface area contributed by atoms with Crippen molar-refractivity contribution in [1.82, 2.24) is 20.4 Å². The second kappa shape index (κ2) is 10.5. The predicted molar refractivity (Wildman–Crippen MR) is 128 cm³/mol. The van der Waals surface area contributed by atoms with Crippen molar-refractivity contribution in [2.75, 3.05) is 32.7 Å². The van der Waals surface area contributed by atoms with Gasteiger partial charge in [0.15, 0.2) is 0 Å². The Morgan fingerprint density at radius 1 is 1.00 bits per heavy atom. The molecule has 33 heavy (non-hydrogen) atoms. The number of carbonyl (C=O) groups excluding carboxylic acids is 2. The summed E-state index contributed by atoms with van der Waals surface area (Å²) < 4.78 is 0. The molecule has 4 rings (SSSR count). The lowest BCUT2D eigenvalue weighted by molar-refractivity contribution is -0.142. The number of nitrogens with one attached hydrogen (secondary N) is 2. The van der Waals surface area contributed by atoms with Gasteiger partial charge in [-0.2, -0.15) is 0 Å². The van der Waals surface area contributed by atoms with E-state index in [4.69, 9.17) is 0 Å². The van der Waals surface area contributed by atoms with Crippen LogP contribution in [-0.4, -0.2) is 83.7 Å². The van der Waals surface area contributed by atoms with Crippen LogP contribution in [0.3, 0.4) is 0 Å². The molecule has 3 N–H and O–H groups in total. The molecule has 0 aliphatic carbocycles. The number of aliphatic hydroxyl groups excluding tert-OH is 1. The van der Waals surface area contributed by atoms with E-state index in [1.165, 1.54) is 25.0 Å². The van der Waals surface area contributed by atoms with Crippen molar-refractivity contribution in [2.45, 2.75) is 44.0 Å². The molecule has 0 spiro atoms. The highest BCUT2D eigenvalue weighted by Gasteiger charge is 2.41. The van der Waals surface area contributed by atoms with E-state index in [0.29, 0.717) is 13.1 Å². The van der Waals surface area contributed by atoms with Gasteiger partial charge in [0.25, 0.3) is 0 Å². The zero-order valence-corrected chi connectivity index (χ0v) is 19.4. The first-order valence-electron chi connectivity index (χ1n) is 11.8. The number of fused-ring (bicyclic) bond motifs is 1. The third kappa shape index (κ3) is 5.27. The molecule has 2 heterocycles. The number of piperazine rings is 2. The van der Waals surface area contributed by atoms with Crippen molar-refractivity contribution in [3.05, 3.63) is 71.8 Å². The Morgan fingerprint density at radius 2 is 1.61 bits per heavy atom. The second-order valence-corrected chi connectivity index (χ2v) is 9.12. The van der Waals surface area contributed by atoms with E-state index in [2.05, 4.69) is 64.1 Å². The maximum absolute atomic E-state index is 13.1. The Balaban J connectivity index is 1.55. The monoisotopic (exact) mass is 450 g/mol. The molecule has 7 heteroatoms. The number of rotatable bonds is 6. The summed E-state index contributed by atoms with van der Waals surface area (Å²) in [7, 11) is 0. The lowest BCUT2D eigenvalue weighted by Gasteiger charge is -2.51. The molecule has 2 fully saturated rings. The molecule has 2 aromatic carbocycles. The predicted octanol–water partition coefficient (Wildman–Crippen LogP) is 1.19. The molecule has 2 unspecified atom stereocenters. The summed E-state index contributed by atoms with van der Waals surface area (Å²) in [6.07, 6.45) is -0.947. The van der Waals surface area contributed by atoms with Gasteiger partial charge in [-0.3, -0.25) is 14.5 Å². The molecule has 4 atom stereocenters. The van der Waals surface area contributed by atoms with Gasteiger partial charge in [-0.15, -0.1) is 0 Å². The van der Waals surface area contributed by atoms with E-state index in [9.17, 15) is 14.7 Å². The largest absolute Gasteiger partial charge is 0.391 e. The SMILES string of the molecule is CC(=O)NC(C(=O)N1CCN2[C@H](CNC[C@H]2C(c2ccccc2)c2ccccc2)C1)C(C)O. The number of hydrogen-bond acceptors (Lipinski definition) is 5. The van der Waals surface area contributed by atoms with Crippen LogP contribution in [0.5, 0.6) is 0 Å². The Bertz CT molecular complexity index is 898. The zero-order valence-electron chi connectivity index (χ0n) is 19.4. The van der Waals surface area contributed by atoms with E-state index in [1.807, 2.05) is 12.1 Å². The molecule has 0 aromatic heterocycles. The van der Waals surface area contributed by atoms with Crippen LogP contribution in [0.15, 0.2) is 60.7 Å². The molecule has 2 aromatic rings. The lowest BCUT2D eigenvalue weighted by atomic mass is 9.82. The van der Waals surface area contributed by atoms with Gasteiger partial charge in [0, 0.05) is 57.6 Å². The smallest absolute Gasteiger partial charge is 0.247 e. The van der Waals surface area contributed by atoms with Crippen molar-refractivity contribution in [1.29, 1.82) is 0 Å². The number of amides is 2. The maximum Gasteiger partial charge on any atom is 0.247 e. The third-order valence-corrected chi connectivity index (χ3v) is 6.81. The van der Waals surface area contributed by atoms with Gasteiger partial charge in [0.05, 0.1) is 6.10 Å². The van der Waals surface area contributed by atoms with Crippen LogP contribution in [0.1, 0.15) is 30.9 Å². The minimum Gasteiger partial charge on any atom is -0.391 e. The number of carbonyl (C=O) groups is 2. The third-order valence-electron chi connectivity index (χ3n) is 6.81. The van der Waals surface area contributed by atoms with Crippen LogP contribution in [0, 0.1) is 0 Å². The van der Waals surface area contributed by atoms with E-state index in [0.717, 1.165) is 19.6 Å². The fraction of sp³-hybridized carbons (Fsp3) is 0.462. The summed E-state index contributed by atoms with van der Waals surface area (Å²) in [4.78, 5) is 29.0. The number of benzene rings is 2. The Morgan fingerprint density at radius 3 is 2.15 bits per heavy atom. The van der Waals surface area contributed by atoms with Crippen molar-refractivity contribution in [2.24, 2.45) is 0 Å². The lowest BCUT2D eigenvalue weighted by Crippen LogP contribution is -2.68. The maximum atomic E-state index is 13.1. The fourth-order valence-electron chi connectivity index (χ4n) is 5.27. The van der Waals surface area contributed by atoms with Gasteiger partial charge in [-0.25, -0.2) is 0 Å². The zero-order chi connectivity index (χ0) is 23.4. The highest BCUT2D eigenvalue weighted by molar-refractivity contribution is 5.87. The van der Waals surface area contributed by atoms with Crippen molar-refractivity contribution in [3.63, 3.8) is 0 Å². The van der Waals surface area contributed by atoms with Crippen LogP contribution >= 0.6 is 0 Å². The van der Waals surface area contributed by atoms with Gasteiger partial charge < -0.3 is 20.6 Å². The highest BCUT2D eigenvalue weighted by Crippen LogP contribution is 2.34. The summed E-state index contributed by atoms with van der Waals surface area (Å²) in [6.45, 7) is 6.48. The number of hydrogen-bond donors (Lipinski definition) is 3. The molecule has 176 valence electrons. The summed E-state index contributed by atoms with van der Waals surface area (Å²) in [5, 5.41) is 16.3. The van der Waals surface area contributed by atoms with E-state index >= 15 is 0 Å². The van der Waals surface area contributed by atoms with Gasteiger partial charge in [-0.1, -0.05) is 60.7 Å². The molecule has 2 aliphatic rings. The fourth-order valence-corrected chi connectivity index (χ4v) is 5.27. The van der Waals surface area contributed by atoms with Gasteiger partial charge >= 0.3 is 0 Å². The molecule has 2 amide bonds. The quantitative estimate of drug-likeness (QED) is 0.616. The second-order valence-electron chi connectivity index (χ2n) is 9.12. The number of aliphatic hydroxyl groups is 1. The molecular formula is C26H34N4O3. The van der Waals surface area contributed by atoms with Crippen molar-refractivity contribution in [3.8, 4) is 0 Å². The van der Waals surface area contributed by atoms with Gasteiger partial charge in [0.2, 0.25) is 11.8 Å².